The van der Waals surface area contributed by atoms with Gasteiger partial charge in [-0.25, -0.2) is 4.98 Å². The Kier molecular flexibility index (Phi) is 4.53. The fourth-order valence-electron chi connectivity index (χ4n) is 2.52. The molecule has 0 amide bonds. The van der Waals surface area contributed by atoms with Gasteiger partial charge in [-0.05, 0) is 43.2 Å². The van der Waals surface area contributed by atoms with Crippen molar-refractivity contribution < 1.29 is 0 Å². The van der Waals surface area contributed by atoms with E-state index >= 15 is 0 Å². The lowest BCUT2D eigenvalue weighted by atomic mass is 10.2. The second-order valence-corrected chi connectivity index (χ2v) is 7.24. The van der Waals surface area contributed by atoms with Gasteiger partial charge in [0.05, 0.1) is 15.4 Å². The third kappa shape index (κ3) is 3.25. The highest BCUT2D eigenvalue weighted by atomic mass is 35.5. The van der Waals surface area contributed by atoms with Gasteiger partial charge in [-0.2, -0.15) is 0 Å². The average Bonchev–Trinajstić information content (AvgIpc) is 3.00. The molecule has 2 aromatic heterocycles. The lowest BCUT2D eigenvalue weighted by Crippen LogP contribution is -2.06. The summed E-state index contributed by atoms with van der Waals surface area (Å²) in [5.41, 5.74) is 3.47. The van der Waals surface area contributed by atoms with Crippen molar-refractivity contribution in [1.82, 2.24) is 9.55 Å². The van der Waals surface area contributed by atoms with Crippen LogP contribution in [0.2, 0.25) is 4.34 Å². The molecule has 21 heavy (non-hydrogen) atoms. The molecule has 0 saturated heterocycles. The monoisotopic (exact) mass is 338 g/mol. The van der Waals surface area contributed by atoms with E-state index in [4.69, 9.17) is 28.2 Å². The summed E-state index contributed by atoms with van der Waals surface area (Å²) in [4.78, 5) is 6.03. The third-order valence-electron chi connectivity index (χ3n) is 3.51. The zero-order valence-corrected chi connectivity index (χ0v) is 14.1. The molecule has 0 saturated carbocycles. The Morgan fingerprint density at radius 1 is 1.19 bits per heavy atom. The summed E-state index contributed by atoms with van der Waals surface area (Å²) in [7, 11) is 0. The minimum Gasteiger partial charge on any atom is -0.328 e. The zero-order chi connectivity index (χ0) is 14.8. The van der Waals surface area contributed by atoms with E-state index in [1.807, 2.05) is 6.07 Å². The number of rotatable bonds is 5. The van der Waals surface area contributed by atoms with Crippen LogP contribution < -0.4 is 0 Å². The number of halogens is 2. The summed E-state index contributed by atoms with van der Waals surface area (Å²) in [5.74, 6) is 1.65. The highest BCUT2D eigenvalue weighted by Gasteiger charge is 2.11. The summed E-state index contributed by atoms with van der Waals surface area (Å²) < 4.78 is 3.13. The van der Waals surface area contributed by atoms with Gasteiger partial charge in [0.1, 0.15) is 5.82 Å². The van der Waals surface area contributed by atoms with Crippen LogP contribution in [0.1, 0.15) is 16.3 Å². The molecule has 2 heterocycles. The van der Waals surface area contributed by atoms with Crippen molar-refractivity contribution in [2.75, 3.05) is 5.88 Å². The van der Waals surface area contributed by atoms with Gasteiger partial charge in [0.25, 0.3) is 0 Å². The van der Waals surface area contributed by atoms with E-state index in [9.17, 15) is 0 Å². The second kappa shape index (κ2) is 6.39. The van der Waals surface area contributed by atoms with E-state index in [2.05, 4.69) is 35.8 Å². The fourth-order valence-corrected chi connectivity index (χ4v) is 3.77. The molecule has 0 bridgehead atoms. The molecule has 110 valence electrons. The SMILES string of the molecule is Cc1ccc2c(c1)nc(CCCl)n2CCc1ccc(Cl)s1. The smallest absolute Gasteiger partial charge is 0.111 e. The van der Waals surface area contributed by atoms with Crippen LogP contribution in [0, 0.1) is 6.92 Å². The van der Waals surface area contributed by atoms with Gasteiger partial charge in [0.15, 0.2) is 0 Å². The first kappa shape index (κ1) is 14.9. The van der Waals surface area contributed by atoms with Crippen LogP contribution in [0.5, 0.6) is 0 Å². The molecule has 3 aromatic rings. The van der Waals surface area contributed by atoms with Gasteiger partial charge in [-0.15, -0.1) is 22.9 Å². The highest BCUT2D eigenvalue weighted by Crippen LogP contribution is 2.24. The molecule has 5 heteroatoms. The number of benzene rings is 1. The van der Waals surface area contributed by atoms with Gasteiger partial charge in [-0.3, -0.25) is 0 Å². The summed E-state index contributed by atoms with van der Waals surface area (Å²) >= 11 is 13.6. The van der Waals surface area contributed by atoms with Gasteiger partial charge in [0.2, 0.25) is 0 Å². The Labute approximate surface area is 138 Å². The minimum atomic E-state index is 0.590. The van der Waals surface area contributed by atoms with Crippen LogP contribution in [0.15, 0.2) is 30.3 Å². The molecular formula is C16H16Cl2N2S. The van der Waals surface area contributed by atoms with Crippen LogP contribution in [-0.4, -0.2) is 15.4 Å². The molecule has 0 spiro atoms. The number of hydrogen-bond acceptors (Lipinski definition) is 2. The molecule has 0 unspecified atom stereocenters. The maximum atomic E-state index is 6.00. The maximum absolute atomic E-state index is 6.00. The standard InChI is InChI=1S/C16H16Cl2N2S/c1-11-2-4-14-13(10-11)19-16(6-8-17)20(14)9-7-12-3-5-15(18)21-12/h2-5,10H,6-9H2,1H3. The summed E-state index contributed by atoms with van der Waals surface area (Å²) in [6.07, 6.45) is 1.76. The first-order valence-electron chi connectivity index (χ1n) is 6.93. The molecule has 0 fully saturated rings. The Morgan fingerprint density at radius 3 is 2.76 bits per heavy atom. The molecular weight excluding hydrogens is 323 g/mol. The predicted octanol–water partition coefficient (Wildman–Crippen LogP) is 5.08. The van der Waals surface area contributed by atoms with Crippen LogP contribution in [-0.2, 0) is 19.4 Å². The fraction of sp³-hybridized carbons (Fsp3) is 0.312. The molecule has 0 aliphatic carbocycles. The molecule has 0 aliphatic rings. The van der Waals surface area contributed by atoms with E-state index in [0.29, 0.717) is 5.88 Å². The van der Waals surface area contributed by atoms with E-state index < -0.39 is 0 Å². The van der Waals surface area contributed by atoms with Crippen LogP contribution in [0.4, 0.5) is 0 Å². The van der Waals surface area contributed by atoms with Crippen LogP contribution >= 0.6 is 34.5 Å². The van der Waals surface area contributed by atoms with Gasteiger partial charge < -0.3 is 4.57 Å². The normalized spacial score (nSPS) is 11.4. The molecule has 3 rings (SSSR count). The van der Waals surface area contributed by atoms with E-state index in [1.165, 1.54) is 16.0 Å². The molecule has 2 nitrogen and oxygen atoms in total. The summed E-state index contributed by atoms with van der Waals surface area (Å²) in [6, 6.07) is 10.5. The molecule has 0 N–H and O–H groups in total. The van der Waals surface area contributed by atoms with Crippen molar-refractivity contribution in [3.63, 3.8) is 0 Å². The van der Waals surface area contributed by atoms with E-state index in [0.717, 1.165) is 35.1 Å². The number of aryl methyl sites for hydroxylation is 4. The van der Waals surface area contributed by atoms with Crippen molar-refractivity contribution >= 4 is 45.6 Å². The molecule has 0 aliphatic heterocycles. The molecule has 0 atom stereocenters. The Balaban J connectivity index is 1.92. The number of aromatic nitrogens is 2. The average molecular weight is 339 g/mol. The number of imidazole rings is 1. The van der Waals surface area contributed by atoms with Crippen molar-refractivity contribution in [2.45, 2.75) is 26.3 Å². The third-order valence-corrected chi connectivity index (χ3v) is 4.99. The van der Waals surface area contributed by atoms with Crippen molar-refractivity contribution in [2.24, 2.45) is 0 Å². The Hall–Kier alpha value is -1.03. The molecule has 0 radical (unpaired) electrons. The first-order valence-corrected chi connectivity index (χ1v) is 8.66. The van der Waals surface area contributed by atoms with Gasteiger partial charge in [0, 0.05) is 23.7 Å². The predicted molar refractivity (Wildman–Crippen MR) is 91.9 cm³/mol. The number of alkyl halides is 1. The molecule has 1 aromatic carbocycles. The van der Waals surface area contributed by atoms with E-state index in [-0.39, 0.29) is 0 Å². The zero-order valence-electron chi connectivity index (χ0n) is 11.8. The maximum Gasteiger partial charge on any atom is 0.111 e. The van der Waals surface area contributed by atoms with Crippen molar-refractivity contribution in [3.8, 4) is 0 Å². The second-order valence-electron chi connectivity index (χ2n) is 5.07. The highest BCUT2D eigenvalue weighted by molar-refractivity contribution is 7.16. The largest absolute Gasteiger partial charge is 0.328 e. The van der Waals surface area contributed by atoms with Gasteiger partial charge >= 0.3 is 0 Å². The topological polar surface area (TPSA) is 17.8 Å². The van der Waals surface area contributed by atoms with Crippen molar-refractivity contribution in [1.29, 1.82) is 0 Å². The van der Waals surface area contributed by atoms with Crippen LogP contribution in [0.25, 0.3) is 11.0 Å². The van der Waals surface area contributed by atoms with Crippen LogP contribution in [0.3, 0.4) is 0 Å². The quantitative estimate of drug-likeness (QED) is 0.593. The number of hydrogen-bond donors (Lipinski definition) is 0. The summed E-state index contributed by atoms with van der Waals surface area (Å²) in [6.45, 7) is 3.00. The Morgan fingerprint density at radius 2 is 2.05 bits per heavy atom. The lowest BCUT2D eigenvalue weighted by Gasteiger charge is -2.07. The number of fused-ring (bicyclic) bond motifs is 1. The van der Waals surface area contributed by atoms with Crippen molar-refractivity contribution in [3.05, 3.63) is 50.9 Å². The Bertz CT molecular complexity index is 761. The number of thiophene rings is 1. The number of nitrogens with zero attached hydrogens (tertiary/aromatic N) is 2. The lowest BCUT2D eigenvalue weighted by molar-refractivity contribution is 0.679. The summed E-state index contributed by atoms with van der Waals surface area (Å²) in [5, 5.41) is 0. The minimum absolute atomic E-state index is 0.590. The van der Waals surface area contributed by atoms with E-state index in [1.54, 1.807) is 11.3 Å². The first-order chi connectivity index (χ1) is 10.2. The van der Waals surface area contributed by atoms with Gasteiger partial charge in [-0.1, -0.05) is 17.7 Å².